The summed E-state index contributed by atoms with van der Waals surface area (Å²) >= 11 is 20.4. The van der Waals surface area contributed by atoms with E-state index < -0.39 is 16.6 Å². The first kappa shape index (κ1) is 65.7. The number of pyridine rings is 2. The SMILES string of the molecule is C[C@H]1OCC2(CCN(C(=O)OC(C)(C)C)CC2)[C@@H]1N[S@](=O)C(C)(C)C.C[C@H]1OCC2(CCN(c3cnc(Sc4ccnc(N)c4Cl)c(N)n3)CC2)[C@@H]1N.C[C@H]1OCC2(CCNCC2)[C@@H]1N.Nc1nc(Cl)cnc1Sc1ccnc(N)c1Cl. The van der Waals surface area contributed by atoms with Crippen LogP contribution < -0.4 is 49.3 Å². The molecule has 82 heavy (non-hydrogen) atoms. The van der Waals surface area contributed by atoms with Gasteiger partial charge in [0, 0.05) is 76.7 Å². The Balaban J connectivity index is 0.000000164. The number of nitrogens with two attached hydrogens (primary N) is 6. The molecule has 6 saturated heterocycles. The molecular formula is C54H83Cl3N16O6S3. The second-order valence-corrected chi connectivity index (χ2v) is 29.1. The van der Waals surface area contributed by atoms with Crippen LogP contribution in [0.25, 0.3) is 0 Å². The number of nitrogen functional groups attached to an aromatic ring is 4. The first-order chi connectivity index (χ1) is 38.6. The number of aromatic nitrogens is 6. The van der Waals surface area contributed by atoms with E-state index in [2.05, 4.69) is 58.7 Å². The van der Waals surface area contributed by atoms with Crippen molar-refractivity contribution in [3.63, 3.8) is 0 Å². The predicted octanol–water partition coefficient (Wildman–Crippen LogP) is 7.61. The number of carbonyl (C=O) groups excluding carboxylic acids is 1. The Bertz CT molecular complexity index is 2830. The number of likely N-dealkylation sites (tertiary alicyclic amines) is 1. The predicted molar refractivity (Wildman–Crippen MR) is 328 cm³/mol. The molecule has 14 N–H and O–H groups in total. The Morgan fingerprint density at radius 2 is 1.15 bits per heavy atom. The molecule has 10 heterocycles. The van der Waals surface area contributed by atoms with Gasteiger partial charge < -0.3 is 68.5 Å². The van der Waals surface area contributed by atoms with Crippen LogP contribution in [0.15, 0.2) is 56.8 Å². The zero-order chi connectivity index (χ0) is 60.0. The monoisotopic (exact) mass is 1250 g/mol. The van der Waals surface area contributed by atoms with E-state index in [4.69, 9.17) is 88.2 Å². The molecule has 0 radical (unpaired) electrons. The zero-order valence-electron chi connectivity index (χ0n) is 48.4. The lowest BCUT2D eigenvalue weighted by Crippen LogP contribution is -2.55. The lowest BCUT2D eigenvalue weighted by molar-refractivity contribution is 0.00647. The molecule has 4 aromatic heterocycles. The summed E-state index contributed by atoms with van der Waals surface area (Å²) in [5.41, 5.74) is 35.5. The normalized spacial score (nSPS) is 24.9. The lowest BCUT2D eigenvalue weighted by atomic mass is 9.73. The zero-order valence-corrected chi connectivity index (χ0v) is 53.1. The van der Waals surface area contributed by atoms with Crippen LogP contribution in [0.5, 0.6) is 0 Å². The molecule has 4 aromatic rings. The smallest absolute Gasteiger partial charge is 0.410 e. The first-order valence-corrected chi connectivity index (χ1v) is 31.5. The van der Waals surface area contributed by atoms with Crippen molar-refractivity contribution in [3.8, 4) is 0 Å². The number of carbonyl (C=O) groups is 1. The molecule has 454 valence electrons. The van der Waals surface area contributed by atoms with Gasteiger partial charge >= 0.3 is 6.09 Å². The topological polar surface area (TPSA) is 335 Å². The van der Waals surface area contributed by atoms with Crippen molar-refractivity contribution in [1.29, 1.82) is 0 Å². The number of hydrogen-bond donors (Lipinski definition) is 8. The van der Waals surface area contributed by atoms with Crippen molar-refractivity contribution < 1.29 is 28.0 Å². The summed E-state index contributed by atoms with van der Waals surface area (Å²) in [6, 6.07) is 3.87. The van der Waals surface area contributed by atoms with Gasteiger partial charge in [0.2, 0.25) is 0 Å². The maximum Gasteiger partial charge on any atom is 0.410 e. The highest BCUT2D eigenvalue weighted by Gasteiger charge is 2.52. The third-order valence-electron chi connectivity index (χ3n) is 16.0. The Hall–Kier alpha value is -3.83. The highest BCUT2D eigenvalue weighted by atomic mass is 35.5. The third-order valence-corrected chi connectivity index (χ3v) is 20.9. The molecule has 6 fully saturated rings. The number of piperidine rings is 3. The molecule has 0 saturated carbocycles. The number of halogens is 3. The summed E-state index contributed by atoms with van der Waals surface area (Å²) in [6.07, 6.45) is 12.4. The van der Waals surface area contributed by atoms with Crippen LogP contribution in [0.4, 0.5) is 33.9 Å². The van der Waals surface area contributed by atoms with Crippen molar-refractivity contribution in [2.75, 3.05) is 86.9 Å². The van der Waals surface area contributed by atoms with Crippen LogP contribution in [0, 0.1) is 16.2 Å². The number of anilines is 5. The van der Waals surface area contributed by atoms with Gasteiger partial charge in [-0.05, 0) is 126 Å². The standard InChI is InChI=1S/C18H24ClN7OS.C18H34N2O4S.C9H7Cl2N5S.C9H18N2O/c1-10-14(20)18(9-27-10)3-6-26(7-4-18)12-8-24-17(16(22)25-12)28-11-2-5-23-15(21)13(11)19;1-13-14(19-25(22)17(5,6)7)18(12-23-13)8-10-20(11-9-18)15(21)24-16(2,3)4;10-5-3-15-9(8(13)16-5)17-4-1-2-14-7(12)6(4)11;1-7-8(10)9(6-12-7)2-4-11-5-3-9/h2,5,8,10,14H,3-4,6-7,9,20H2,1H3,(H2,21,23)(H2,22,25);13-14,19H,8-12H2,1-7H3;1-3H,(H2,12,14)(H2,13,16);7-8,11H,2-6,10H2,1H3/t10-,14-;13-,14-,25-;;7-,8-/m11.1/s1. The summed E-state index contributed by atoms with van der Waals surface area (Å²) in [6.45, 7) is 25.2. The molecule has 0 aliphatic carbocycles. The number of ether oxygens (including phenoxy) is 4. The van der Waals surface area contributed by atoms with Crippen molar-refractivity contribution >= 4 is 104 Å². The summed E-state index contributed by atoms with van der Waals surface area (Å²) in [5.74, 6) is 1.92. The quantitative estimate of drug-likeness (QED) is 0.0882. The Morgan fingerprint density at radius 1 is 0.683 bits per heavy atom. The van der Waals surface area contributed by atoms with E-state index in [1.54, 1.807) is 35.6 Å². The minimum Gasteiger partial charge on any atom is -0.444 e. The molecule has 6 aliphatic rings. The molecule has 7 atom stereocenters. The van der Waals surface area contributed by atoms with Gasteiger partial charge in [0.25, 0.3) is 0 Å². The molecule has 6 aliphatic heterocycles. The molecule has 22 nitrogen and oxygen atoms in total. The van der Waals surface area contributed by atoms with E-state index in [-0.39, 0.29) is 80.7 Å². The maximum atomic E-state index is 12.6. The first-order valence-electron chi connectivity index (χ1n) is 27.6. The fourth-order valence-corrected chi connectivity index (χ4v) is 14.0. The molecule has 3 spiro atoms. The minimum absolute atomic E-state index is 0.0133. The average Bonchev–Trinajstić information content (AvgIpc) is 3.93. The van der Waals surface area contributed by atoms with E-state index in [1.165, 1.54) is 42.6 Å². The van der Waals surface area contributed by atoms with Gasteiger partial charge in [-0.2, -0.15) is 0 Å². The number of nitrogens with zero attached hydrogens (tertiary/aromatic N) is 8. The van der Waals surface area contributed by atoms with Crippen LogP contribution >= 0.6 is 58.3 Å². The summed E-state index contributed by atoms with van der Waals surface area (Å²) < 4.78 is 38.4. The lowest BCUT2D eigenvalue weighted by Gasteiger charge is -2.43. The van der Waals surface area contributed by atoms with Gasteiger partial charge in [-0.3, -0.25) is 0 Å². The Kier molecular flexibility index (Phi) is 22.2. The van der Waals surface area contributed by atoms with E-state index in [9.17, 15) is 9.00 Å². The second-order valence-electron chi connectivity index (χ2n) is 23.9. The number of rotatable bonds is 7. The number of hydrogen-bond acceptors (Lipinski definition) is 22. The molecule has 0 aromatic carbocycles. The fraction of sp³-hybridized carbons (Fsp3) is 0.648. The molecule has 10 rings (SSSR count). The molecule has 1 amide bonds. The van der Waals surface area contributed by atoms with Gasteiger partial charge in [-0.25, -0.2) is 43.6 Å². The maximum absolute atomic E-state index is 12.6. The van der Waals surface area contributed by atoms with Gasteiger partial charge in [0.15, 0.2) is 11.6 Å². The van der Waals surface area contributed by atoms with Gasteiger partial charge in [0.05, 0.1) is 82.3 Å². The second kappa shape index (κ2) is 27.7. The van der Waals surface area contributed by atoms with E-state index in [0.29, 0.717) is 55.9 Å². The van der Waals surface area contributed by atoms with Crippen LogP contribution in [0.3, 0.4) is 0 Å². The highest BCUT2D eigenvalue weighted by Crippen LogP contribution is 2.45. The van der Waals surface area contributed by atoms with Gasteiger partial charge in [-0.15, -0.1) is 0 Å². The fourth-order valence-electron chi connectivity index (χ4n) is 10.8. The molecule has 0 unspecified atom stereocenters. The number of nitrogens with one attached hydrogen (secondary N) is 2. The van der Waals surface area contributed by atoms with E-state index in [1.807, 2.05) is 48.5 Å². The highest BCUT2D eigenvalue weighted by molar-refractivity contribution is 7.99. The third kappa shape index (κ3) is 16.2. The molecular weight excluding hydrogens is 1170 g/mol. The molecule has 0 bridgehead atoms. The summed E-state index contributed by atoms with van der Waals surface area (Å²) in [7, 11) is -1.14. The van der Waals surface area contributed by atoms with Crippen LogP contribution in [0.1, 0.15) is 101 Å². The van der Waals surface area contributed by atoms with E-state index >= 15 is 0 Å². The van der Waals surface area contributed by atoms with E-state index in [0.717, 1.165) is 75.8 Å². The van der Waals surface area contributed by atoms with Crippen molar-refractivity contribution in [1.82, 2.24) is 44.8 Å². The molecule has 28 heteroatoms. The van der Waals surface area contributed by atoms with Crippen molar-refractivity contribution in [2.45, 2.75) is 167 Å². The average molecular weight is 1250 g/mol. The van der Waals surface area contributed by atoms with Gasteiger partial charge in [-0.1, -0.05) is 58.3 Å². The van der Waals surface area contributed by atoms with Crippen LogP contribution in [-0.4, -0.2) is 151 Å². The Labute approximate surface area is 508 Å². The number of amides is 1. The van der Waals surface area contributed by atoms with Crippen molar-refractivity contribution in [2.24, 2.45) is 27.7 Å². The van der Waals surface area contributed by atoms with Crippen molar-refractivity contribution in [3.05, 3.63) is 52.1 Å². The summed E-state index contributed by atoms with van der Waals surface area (Å²) in [5, 5.41) is 5.47. The van der Waals surface area contributed by atoms with Gasteiger partial charge in [0.1, 0.15) is 38.3 Å². The minimum atomic E-state index is -1.14. The van der Waals surface area contributed by atoms with Crippen LogP contribution in [-0.2, 0) is 29.9 Å². The summed E-state index contributed by atoms with van der Waals surface area (Å²) in [4.78, 5) is 42.6. The largest absolute Gasteiger partial charge is 0.444 e. The Morgan fingerprint density at radius 3 is 1.61 bits per heavy atom. The van der Waals surface area contributed by atoms with Crippen LogP contribution in [0.2, 0.25) is 15.2 Å².